The molecule has 2 aromatic heterocycles. The number of carbonyl (C=O) groups excluding carboxylic acids is 1. The van der Waals surface area contributed by atoms with Crippen molar-refractivity contribution in [3.05, 3.63) is 77.5 Å². The fourth-order valence-electron chi connectivity index (χ4n) is 3.15. The molecule has 0 fully saturated rings. The minimum Gasteiger partial charge on any atom is -0.467 e. The molecule has 0 saturated heterocycles. The summed E-state index contributed by atoms with van der Waals surface area (Å²) in [7, 11) is 0. The summed E-state index contributed by atoms with van der Waals surface area (Å²) in [5, 5.41) is 6.36. The Balaban J connectivity index is 1.82. The summed E-state index contributed by atoms with van der Waals surface area (Å²) in [4.78, 5) is 16.7. The minimum atomic E-state index is -0.186. The van der Waals surface area contributed by atoms with Gasteiger partial charge in [0.05, 0.1) is 30.3 Å². The molecule has 3 aromatic rings. The Kier molecular flexibility index (Phi) is 6.14. The number of benzene rings is 1. The summed E-state index contributed by atoms with van der Waals surface area (Å²) in [5.74, 6) is 1.29. The summed E-state index contributed by atoms with van der Waals surface area (Å²) in [6.07, 6.45) is 4.90. The van der Waals surface area contributed by atoms with Crippen LogP contribution in [0.15, 0.2) is 59.5 Å². The Bertz CT molecular complexity index is 905. The van der Waals surface area contributed by atoms with Gasteiger partial charge in [0, 0.05) is 11.9 Å². The number of aromatic nitrogens is 1. The van der Waals surface area contributed by atoms with E-state index < -0.39 is 0 Å². The van der Waals surface area contributed by atoms with E-state index in [1.807, 2.05) is 12.1 Å². The van der Waals surface area contributed by atoms with Crippen LogP contribution in [0.3, 0.4) is 0 Å². The molecule has 0 spiro atoms. The van der Waals surface area contributed by atoms with Crippen LogP contribution in [0.1, 0.15) is 66.8 Å². The zero-order valence-electron chi connectivity index (χ0n) is 16.8. The quantitative estimate of drug-likeness (QED) is 0.563. The first kappa shape index (κ1) is 19.7. The molecule has 0 aliphatic heterocycles. The molecule has 2 N–H and O–H groups in total. The highest BCUT2D eigenvalue weighted by Gasteiger charge is 2.15. The van der Waals surface area contributed by atoms with E-state index >= 15 is 0 Å². The van der Waals surface area contributed by atoms with Crippen LogP contribution in [0.2, 0.25) is 0 Å². The first-order valence-corrected chi connectivity index (χ1v) is 9.61. The fraction of sp³-hybridized carbons (Fsp3) is 0.304. The van der Waals surface area contributed by atoms with E-state index in [2.05, 4.69) is 61.5 Å². The molecule has 146 valence electrons. The van der Waals surface area contributed by atoms with Crippen LogP contribution in [-0.4, -0.2) is 10.9 Å². The lowest BCUT2D eigenvalue weighted by Gasteiger charge is -2.21. The van der Waals surface area contributed by atoms with Gasteiger partial charge in [-0.05, 0) is 41.2 Å². The van der Waals surface area contributed by atoms with Crippen LogP contribution >= 0.6 is 0 Å². The molecule has 0 bridgehead atoms. The normalized spacial score (nSPS) is 11.1. The van der Waals surface area contributed by atoms with Crippen molar-refractivity contribution in [3.63, 3.8) is 0 Å². The zero-order valence-corrected chi connectivity index (χ0v) is 16.8. The number of amides is 1. The number of hydrogen-bond donors (Lipinski definition) is 2. The van der Waals surface area contributed by atoms with Crippen LogP contribution in [0.5, 0.6) is 0 Å². The zero-order chi connectivity index (χ0) is 20.1. The van der Waals surface area contributed by atoms with Crippen molar-refractivity contribution in [3.8, 4) is 0 Å². The number of nitrogens with one attached hydrogen (secondary N) is 2. The second-order valence-electron chi connectivity index (χ2n) is 7.47. The summed E-state index contributed by atoms with van der Waals surface area (Å²) in [6, 6.07) is 11.8. The number of pyridine rings is 1. The van der Waals surface area contributed by atoms with E-state index in [1.54, 1.807) is 24.7 Å². The lowest BCUT2D eigenvalue weighted by molar-refractivity contribution is 0.0947. The second-order valence-corrected chi connectivity index (χ2v) is 7.47. The van der Waals surface area contributed by atoms with Gasteiger partial charge in [-0.3, -0.25) is 9.78 Å². The number of rotatable bonds is 7. The van der Waals surface area contributed by atoms with Gasteiger partial charge in [0.25, 0.3) is 5.91 Å². The largest absolute Gasteiger partial charge is 0.467 e. The van der Waals surface area contributed by atoms with Crippen LogP contribution < -0.4 is 10.6 Å². The van der Waals surface area contributed by atoms with Crippen LogP contribution in [0.25, 0.3) is 0 Å². The number of anilines is 2. The van der Waals surface area contributed by atoms with Crippen LogP contribution in [0, 0.1) is 0 Å². The van der Waals surface area contributed by atoms with E-state index in [9.17, 15) is 4.79 Å². The van der Waals surface area contributed by atoms with Gasteiger partial charge in [-0.2, -0.15) is 0 Å². The SMILES string of the molecule is CC(C)c1cccc(C(C)C)c1Nc1cncc(C(=O)NCc2ccco2)c1. The highest BCUT2D eigenvalue weighted by molar-refractivity contribution is 5.94. The first-order valence-electron chi connectivity index (χ1n) is 9.61. The molecule has 0 radical (unpaired) electrons. The Morgan fingerprint density at radius 1 is 1.04 bits per heavy atom. The number of hydrogen-bond acceptors (Lipinski definition) is 4. The second kappa shape index (κ2) is 8.74. The molecule has 0 aliphatic rings. The van der Waals surface area contributed by atoms with Crippen molar-refractivity contribution in [2.45, 2.75) is 46.1 Å². The third kappa shape index (κ3) is 4.60. The molecule has 5 nitrogen and oxygen atoms in total. The number of furan rings is 1. The summed E-state index contributed by atoms with van der Waals surface area (Å²) in [6.45, 7) is 9.07. The van der Waals surface area contributed by atoms with Crippen LogP contribution in [0.4, 0.5) is 11.4 Å². The molecule has 2 heterocycles. The first-order chi connectivity index (χ1) is 13.5. The van der Waals surface area contributed by atoms with E-state index in [-0.39, 0.29) is 5.91 Å². The molecule has 28 heavy (non-hydrogen) atoms. The molecular formula is C23H27N3O2. The molecule has 0 saturated carbocycles. The average Bonchev–Trinajstić information content (AvgIpc) is 3.19. The van der Waals surface area contributed by atoms with E-state index in [1.165, 1.54) is 11.1 Å². The third-order valence-electron chi connectivity index (χ3n) is 4.65. The van der Waals surface area contributed by atoms with Crippen molar-refractivity contribution in [1.29, 1.82) is 0 Å². The fourth-order valence-corrected chi connectivity index (χ4v) is 3.15. The van der Waals surface area contributed by atoms with Crippen LogP contribution in [-0.2, 0) is 6.54 Å². The van der Waals surface area contributed by atoms with Crippen molar-refractivity contribution in [2.75, 3.05) is 5.32 Å². The Hall–Kier alpha value is -3.08. The predicted molar refractivity (Wildman–Crippen MR) is 112 cm³/mol. The topological polar surface area (TPSA) is 67.2 Å². The summed E-state index contributed by atoms with van der Waals surface area (Å²) >= 11 is 0. The molecule has 0 aliphatic carbocycles. The van der Waals surface area contributed by atoms with Gasteiger partial charge in [-0.15, -0.1) is 0 Å². The Morgan fingerprint density at radius 3 is 2.36 bits per heavy atom. The van der Waals surface area contributed by atoms with Gasteiger partial charge in [0.15, 0.2) is 0 Å². The summed E-state index contributed by atoms with van der Waals surface area (Å²) < 4.78 is 5.25. The molecule has 3 rings (SSSR count). The highest BCUT2D eigenvalue weighted by Crippen LogP contribution is 2.34. The van der Waals surface area contributed by atoms with Crippen molar-refractivity contribution >= 4 is 17.3 Å². The molecule has 5 heteroatoms. The summed E-state index contributed by atoms with van der Waals surface area (Å²) in [5.41, 5.74) is 4.89. The maximum atomic E-state index is 12.5. The van der Waals surface area contributed by atoms with Gasteiger partial charge in [0.2, 0.25) is 0 Å². The number of para-hydroxylation sites is 1. The van der Waals surface area contributed by atoms with Crippen molar-refractivity contribution in [2.24, 2.45) is 0 Å². The average molecular weight is 377 g/mol. The number of nitrogens with zero attached hydrogens (tertiary/aromatic N) is 1. The van der Waals surface area contributed by atoms with E-state index in [4.69, 9.17) is 4.42 Å². The minimum absolute atomic E-state index is 0.186. The Labute approximate surface area is 166 Å². The van der Waals surface area contributed by atoms with Gasteiger partial charge in [-0.25, -0.2) is 0 Å². The lowest BCUT2D eigenvalue weighted by Crippen LogP contribution is -2.22. The van der Waals surface area contributed by atoms with Gasteiger partial charge in [-0.1, -0.05) is 45.9 Å². The van der Waals surface area contributed by atoms with Gasteiger partial charge in [0.1, 0.15) is 5.76 Å². The Morgan fingerprint density at radius 2 is 1.75 bits per heavy atom. The third-order valence-corrected chi connectivity index (χ3v) is 4.65. The molecular weight excluding hydrogens is 350 g/mol. The maximum Gasteiger partial charge on any atom is 0.253 e. The molecule has 0 atom stereocenters. The van der Waals surface area contributed by atoms with E-state index in [0.29, 0.717) is 29.7 Å². The smallest absolute Gasteiger partial charge is 0.253 e. The molecule has 1 aromatic carbocycles. The monoisotopic (exact) mass is 377 g/mol. The standard InChI is InChI=1S/C23H27N3O2/c1-15(2)20-8-5-9-21(16(3)4)22(20)26-18-11-17(12-24-13-18)23(27)25-14-19-7-6-10-28-19/h5-13,15-16,26H,14H2,1-4H3,(H,25,27). The van der Waals surface area contributed by atoms with Crippen molar-refractivity contribution < 1.29 is 9.21 Å². The van der Waals surface area contributed by atoms with Crippen molar-refractivity contribution in [1.82, 2.24) is 10.3 Å². The maximum absolute atomic E-state index is 12.5. The van der Waals surface area contributed by atoms with E-state index in [0.717, 1.165) is 11.4 Å². The number of carbonyl (C=O) groups is 1. The molecule has 1 amide bonds. The lowest BCUT2D eigenvalue weighted by atomic mass is 9.92. The molecule has 0 unspecified atom stereocenters. The van der Waals surface area contributed by atoms with Gasteiger partial charge >= 0.3 is 0 Å². The predicted octanol–water partition coefficient (Wildman–Crippen LogP) is 5.60. The van der Waals surface area contributed by atoms with Gasteiger partial charge < -0.3 is 15.1 Å². The highest BCUT2D eigenvalue weighted by atomic mass is 16.3.